The molecule has 0 unspecified atom stereocenters. The molecular weight excluding hydrogens is 729 g/mol. The lowest BCUT2D eigenvalue weighted by Crippen LogP contribution is -2.28. The number of fused-ring (bicyclic) bond motifs is 8. The summed E-state index contributed by atoms with van der Waals surface area (Å²) in [7, 11) is 0. The summed E-state index contributed by atoms with van der Waals surface area (Å²) < 4.78 is 6.52. The number of benzene rings is 9. The van der Waals surface area contributed by atoms with Gasteiger partial charge in [0.1, 0.15) is 11.2 Å². The van der Waals surface area contributed by atoms with E-state index < -0.39 is 5.41 Å². The molecule has 3 heteroatoms. The third-order valence-corrected chi connectivity index (χ3v) is 12.4. The Morgan fingerprint density at radius 2 is 0.933 bits per heavy atom. The zero-order valence-corrected chi connectivity index (χ0v) is 32.6. The quantitative estimate of drug-likeness (QED) is 0.169. The van der Waals surface area contributed by atoms with E-state index in [9.17, 15) is 0 Å². The van der Waals surface area contributed by atoms with Crippen LogP contribution in [0, 0.1) is 0 Å². The maximum Gasteiger partial charge on any atom is 0.160 e. The Kier molecular flexibility index (Phi) is 7.76. The first-order valence-corrected chi connectivity index (χ1v) is 20.5. The lowest BCUT2D eigenvalue weighted by molar-refractivity contribution is 0.673. The standard InChI is InChI=1S/C57H36N2O/c1-4-16-39(17-5-1)56-58-51(38-30-28-37(29-31-38)47-34-40-18-10-11-23-44(40)55-54(47)46-25-13-15-27-53(46)60-55)36-52(59-56)41-32-33-50-48(35-41)45-24-12-14-26-49(45)57(50,42-19-6-2-7-20-42)43-21-8-3-9-22-43/h1-36H. The molecule has 3 nitrogen and oxygen atoms in total. The van der Waals surface area contributed by atoms with Gasteiger partial charge in [-0.05, 0) is 74.2 Å². The summed E-state index contributed by atoms with van der Waals surface area (Å²) in [5.74, 6) is 0.692. The van der Waals surface area contributed by atoms with Crippen LogP contribution in [0.5, 0.6) is 0 Å². The first kappa shape index (κ1) is 34.2. The highest BCUT2D eigenvalue weighted by atomic mass is 16.3. The number of nitrogens with zero attached hydrogens (tertiary/aromatic N) is 2. The fourth-order valence-electron chi connectivity index (χ4n) is 9.68. The number of hydrogen-bond donors (Lipinski definition) is 0. The van der Waals surface area contributed by atoms with Gasteiger partial charge in [0.05, 0.1) is 16.8 Å². The third kappa shape index (κ3) is 5.23. The highest BCUT2D eigenvalue weighted by Gasteiger charge is 2.46. The van der Waals surface area contributed by atoms with Gasteiger partial charge in [0.25, 0.3) is 0 Å². The molecule has 0 saturated heterocycles. The van der Waals surface area contributed by atoms with Crippen LogP contribution in [0.15, 0.2) is 223 Å². The van der Waals surface area contributed by atoms with Crippen LogP contribution in [0.25, 0.3) is 88.9 Å². The van der Waals surface area contributed by atoms with Crippen LogP contribution in [0.2, 0.25) is 0 Å². The molecule has 0 fully saturated rings. The van der Waals surface area contributed by atoms with Gasteiger partial charge in [-0.2, -0.15) is 0 Å². The van der Waals surface area contributed by atoms with Crippen molar-refractivity contribution in [3.8, 4) is 56.2 Å². The molecule has 0 N–H and O–H groups in total. The minimum atomic E-state index is -0.458. The van der Waals surface area contributed by atoms with Crippen LogP contribution < -0.4 is 0 Å². The molecule has 0 spiro atoms. The molecule has 0 amide bonds. The van der Waals surface area contributed by atoms with Crippen molar-refractivity contribution in [2.45, 2.75) is 5.41 Å². The smallest absolute Gasteiger partial charge is 0.160 e. The van der Waals surface area contributed by atoms with Crippen LogP contribution >= 0.6 is 0 Å². The van der Waals surface area contributed by atoms with E-state index in [2.05, 4.69) is 194 Å². The van der Waals surface area contributed by atoms with Gasteiger partial charge in [-0.15, -0.1) is 0 Å². The maximum absolute atomic E-state index is 6.52. The van der Waals surface area contributed by atoms with Gasteiger partial charge in [-0.25, -0.2) is 9.97 Å². The molecule has 0 aliphatic heterocycles. The van der Waals surface area contributed by atoms with Crippen molar-refractivity contribution in [1.29, 1.82) is 0 Å². The van der Waals surface area contributed by atoms with Gasteiger partial charge in [0.15, 0.2) is 5.82 Å². The van der Waals surface area contributed by atoms with Gasteiger partial charge in [0.2, 0.25) is 0 Å². The lowest BCUT2D eigenvalue weighted by atomic mass is 9.67. The largest absolute Gasteiger partial charge is 0.455 e. The number of aromatic nitrogens is 2. The Morgan fingerprint density at radius 3 is 1.68 bits per heavy atom. The summed E-state index contributed by atoms with van der Waals surface area (Å²) in [5.41, 5.74) is 15.9. The van der Waals surface area contributed by atoms with Crippen LogP contribution in [0.1, 0.15) is 22.3 Å². The molecule has 0 atom stereocenters. The number of furan rings is 1. The Bertz CT molecular complexity index is 3370. The van der Waals surface area contributed by atoms with Crippen molar-refractivity contribution in [3.05, 3.63) is 241 Å². The average molecular weight is 765 g/mol. The highest BCUT2D eigenvalue weighted by molar-refractivity contribution is 6.21. The van der Waals surface area contributed by atoms with Crippen LogP contribution in [-0.4, -0.2) is 9.97 Å². The van der Waals surface area contributed by atoms with Gasteiger partial charge < -0.3 is 4.42 Å². The molecule has 9 aromatic carbocycles. The van der Waals surface area contributed by atoms with E-state index in [0.29, 0.717) is 5.82 Å². The molecular formula is C57H36N2O. The lowest BCUT2D eigenvalue weighted by Gasteiger charge is -2.33. The second-order valence-corrected chi connectivity index (χ2v) is 15.6. The van der Waals surface area contributed by atoms with E-state index in [-0.39, 0.29) is 0 Å². The average Bonchev–Trinajstić information content (AvgIpc) is 3.87. The zero-order chi connectivity index (χ0) is 39.6. The summed E-state index contributed by atoms with van der Waals surface area (Å²) in [6.07, 6.45) is 0. The zero-order valence-electron chi connectivity index (χ0n) is 32.6. The maximum atomic E-state index is 6.52. The van der Waals surface area contributed by atoms with E-state index >= 15 is 0 Å². The Balaban J connectivity index is 1.02. The summed E-state index contributed by atoms with van der Waals surface area (Å²) in [4.78, 5) is 10.5. The molecule has 0 radical (unpaired) electrons. The van der Waals surface area contributed by atoms with Crippen molar-refractivity contribution in [2.24, 2.45) is 0 Å². The number of hydrogen-bond acceptors (Lipinski definition) is 3. The normalized spacial score (nSPS) is 12.8. The molecule has 2 aromatic heterocycles. The Hall–Kier alpha value is -7.88. The summed E-state index contributed by atoms with van der Waals surface area (Å²) >= 11 is 0. The second-order valence-electron chi connectivity index (χ2n) is 15.6. The molecule has 1 aliphatic carbocycles. The molecule has 60 heavy (non-hydrogen) atoms. The predicted molar refractivity (Wildman–Crippen MR) is 246 cm³/mol. The highest BCUT2D eigenvalue weighted by Crippen LogP contribution is 2.56. The predicted octanol–water partition coefficient (Wildman–Crippen LogP) is 14.6. The SMILES string of the molecule is c1ccc(-c2nc(-c3ccc(-c4cc5ccccc5c5oc6ccccc6c45)cc3)cc(-c3ccc4c(c3)-c3ccccc3C4(c3ccccc3)c3ccccc3)n2)cc1. The number of rotatable bonds is 6. The Morgan fingerprint density at radius 1 is 0.367 bits per heavy atom. The van der Waals surface area contributed by atoms with Gasteiger partial charge >= 0.3 is 0 Å². The Labute approximate surface area is 347 Å². The summed E-state index contributed by atoms with van der Waals surface area (Å²) in [6, 6.07) is 78.0. The minimum Gasteiger partial charge on any atom is -0.455 e. The topological polar surface area (TPSA) is 38.9 Å². The van der Waals surface area contributed by atoms with E-state index in [0.717, 1.165) is 71.9 Å². The van der Waals surface area contributed by atoms with E-state index in [1.807, 2.05) is 24.3 Å². The molecule has 1 aliphatic rings. The molecule has 0 bridgehead atoms. The van der Waals surface area contributed by atoms with E-state index in [1.54, 1.807) is 0 Å². The molecule has 280 valence electrons. The second kappa shape index (κ2) is 13.6. The van der Waals surface area contributed by atoms with Crippen LogP contribution in [-0.2, 0) is 5.41 Å². The minimum absolute atomic E-state index is 0.458. The van der Waals surface area contributed by atoms with E-state index in [1.165, 1.54) is 33.4 Å². The monoisotopic (exact) mass is 764 g/mol. The molecule has 0 saturated carbocycles. The van der Waals surface area contributed by atoms with Gasteiger partial charge in [-0.1, -0.05) is 194 Å². The van der Waals surface area contributed by atoms with Crippen molar-refractivity contribution in [3.63, 3.8) is 0 Å². The first-order valence-electron chi connectivity index (χ1n) is 20.5. The summed E-state index contributed by atoms with van der Waals surface area (Å²) in [6.45, 7) is 0. The van der Waals surface area contributed by atoms with Crippen LogP contribution in [0.4, 0.5) is 0 Å². The third-order valence-electron chi connectivity index (χ3n) is 12.4. The first-order chi connectivity index (χ1) is 29.7. The molecule has 12 rings (SSSR count). The molecule has 2 heterocycles. The van der Waals surface area contributed by atoms with Crippen molar-refractivity contribution in [2.75, 3.05) is 0 Å². The fourth-order valence-corrected chi connectivity index (χ4v) is 9.68. The molecule has 11 aromatic rings. The van der Waals surface area contributed by atoms with Gasteiger partial charge in [-0.3, -0.25) is 0 Å². The summed E-state index contributed by atoms with van der Waals surface area (Å²) in [5, 5.41) is 4.52. The van der Waals surface area contributed by atoms with Crippen molar-refractivity contribution < 1.29 is 4.42 Å². The van der Waals surface area contributed by atoms with Crippen molar-refractivity contribution >= 4 is 32.7 Å². The van der Waals surface area contributed by atoms with E-state index in [4.69, 9.17) is 14.4 Å². The van der Waals surface area contributed by atoms with Gasteiger partial charge in [0, 0.05) is 32.8 Å². The fraction of sp³-hybridized carbons (Fsp3) is 0.0175. The van der Waals surface area contributed by atoms with Crippen LogP contribution in [0.3, 0.4) is 0 Å². The van der Waals surface area contributed by atoms with Crippen molar-refractivity contribution in [1.82, 2.24) is 9.97 Å². The number of para-hydroxylation sites is 1.